The van der Waals surface area contributed by atoms with Gasteiger partial charge in [-0.05, 0) is 43.7 Å². The number of sulfonamides is 1. The SMILES string of the molecule is CC1CCCCC1NC(=O)c1ccccc1S(=O)(=O)N1CCCCC1. The number of hydrogen-bond donors (Lipinski definition) is 1. The summed E-state index contributed by atoms with van der Waals surface area (Å²) in [6, 6.07) is 6.74. The van der Waals surface area contributed by atoms with Crippen LogP contribution in [-0.4, -0.2) is 37.8 Å². The lowest BCUT2D eigenvalue weighted by atomic mass is 9.86. The van der Waals surface area contributed by atoms with Gasteiger partial charge in [-0.3, -0.25) is 4.79 Å². The summed E-state index contributed by atoms with van der Waals surface area (Å²) in [4.78, 5) is 13.0. The van der Waals surface area contributed by atoms with E-state index in [-0.39, 0.29) is 22.4 Å². The van der Waals surface area contributed by atoms with Crippen molar-refractivity contribution in [1.29, 1.82) is 0 Å². The molecule has 2 atom stereocenters. The summed E-state index contributed by atoms with van der Waals surface area (Å²) in [7, 11) is -3.62. The Bertz CT molecular complexity index is 711. The van der Waals surface area contributed by atoms with Gasteiger partial charge in [0.25, 0.3) is 5.91 Å². The van der Waals surface area contributed by atoms with E-state index in [4.69, 9.17) is 0 Å². The molecule has 1 aliphatic carbocycles. The second-order valence-corrected chi connectivity index (χ2v) is 9.21. The minimum Gasteiger partial charge on any atom is -0.349 e. The molecule has 1 saturated heterocycles. The van der Waals surface area contributed by atoms with E-state index in [1.165, 1.54) is 10.7 Å². The van der Waals surface area contributed by atoms with Crippen molar-refractivity contribution in [2.24, 2.45) is 5.92 Å². The van der Waals surface area contributed by atoms with Crippen LogP contribution in [0.25, 0.3) is 0 Å². The lowest BCUT2D eigenvalue weighted by Crippen LogP contribution is -2.42. The number of carbonyl (C=O) groups is 1. The Morgan fingerprint density at radius 1 is 1.04 bits per heavy atom. The van der Waals surface area contributed by atoms with Gasteiger partial charge in [-0.25, -0.2) is 8.42 Å². The molecule has 1 aromatic carbocycles. The van der Waals surface area contributed by atoms with Gasteiger partial charge in [0.05, 0.1) is 10.5 Å². The van der Waals surface area contributed by atoms with Gasteiger partial charge in [-0.2, -0.15) is 4.31 Å². The fraction of sp³-hybridized carbons (Fsp3) is 0.632. The first-order valence-electron chi connectivity index (χ1n) is 9.40. The van der Waals surface area contributed by atoms with Gasteiger partial charge in [-0.15, -0.1) is 0 Å². The van der Waals surface area contributed by atoms with Gasteiger partial charge in [0.15, 0.2) is 0 Å². The summed E-state index contributed by atoms with van der Waals surface area (Å²) >= 11 is 0. The molecule has 1 N–H and O–H groups in total. The maximum atomic E-state index is 13.0. The topological polar surface area (TPSA) is 66.5 Å². The van der Waals surface area contributed by atoms with Crippen LogP contribution in [0.1, 0.15) is 62.2 Å². The number of benzene rings is 1. The molecule has 1 saturated carbocycles. The monoisotopic (exact) mass is 364 g/mol. The van der Waals surface area contributed by atoms with E-state index >= 15 is 0 Å². The molecule has 1 aromatic rings. The molecule has 6 heteroatoms. The summed E-state index contributed by atoms with van der Waals surface area (Å²) in [6.45, 7) is 3.23. The first-order valence-corrected chi connectivity index (χ1v) is 10.8. The molecule has 3 rings (SSSR count). The van der Waals surface area contributed by atoms with Gasteiger partial charge < -0.3 is 5.32 Å². The largest absolute Gasteiger partial charge is 0.349 e. The van der Waals surface area contributed by atoms with Crippen molar-refractivity contribution in [2.75, 3.05) is 13.1 Å². The number of nitrogens with zero attached hydrogens (tertiary/aromatic N) is 1. The molecule has 138 valence electrons. The third kappa shape index (κ3) is 4.06. The van der Waals surface area contributed by atoms with Crippen LogP contribution < -0.4 is 5.32 Å². The maximum absolute atomic E-state index is 13.0. The third-order valence-electron chi connectivity index (χ3n) is 5.49. The van der Waals surface area contributed by atoms with Gasteiger partial charge in [0.2, 0.25) is 10.0 Å². The van der Waals surface area contributed by atoms with Crippen LogP contribution in [0.4, 0.5) is 0 Å². The van der Waals surface area contributed by atoms with E-state index < -0.39 is 10.0 Å². The first-order chi connectivity index (χ1) is 12.0. The number of piperidine rings is 1. The van der Waals surface area contributed by atoms with Crippen LogP contribution in [0, 0.1) is 5.92 Å². The Balaban J connectivity index is 1.83. The van der Waals surface area contributed by atoms with Gasteiger partial charge in [0.1, 0.15) is 0 Å². The van der Waals surface area contributed by atoms with Crippen LogP contribution in [0.2, 0.25) is 0 Å². The second kappa shape index (κ2) is 7.87. The predicted molar refractivity (Wildman–Crippen MR) is 97.9 cm³/mol. The van der Waals surface area contributed by atoms with Crippen LogP contribution in [0.15, 0.2) is 29.2 Å². The van der Waals surface area contributed by atoms with E-state index in [1.807, 2.05) is 0 Å². The van der Waals surface area contributed by atoms with Gasteiger partial charge in [-0.1, -0.05) is 38.3 Å². The molecule has 0 bridgehead atoms. The molecule has 0 aromatic heterocycles. The lowest BCUT2D eigenvalue weighted by Gasteiger charge is -2.30. The molecule has 1 amide bonds. The summed E-state index contributed by atoms with van der Waals surface area (Å²) in [6.07, 6.45) is 7.22. The molecule has 2 unspecified atom stereocenters. The fourth-order valence-corrected chi connectivity index (χ4v) is 5.61. The third-order valence-corrected chi connectivity index (χ3v) is 7.45. The average Bonchev–Trinajstić information content (AvgIpc) is 2.64. The second-order valence-electron chi connectivity index (χ2n) is 7.30. The molecule has 2 aliphatic rings. The van der Waals surface area contributed by atoms with E-state index in [0.29, 0.717) is 19.0 Å². The minimum absolute atomic E-state index is 0.131. The highest BCUT2D eigenvalue weighted by atomic mass is 32.2. The lowest BCUT2D eigenvalue weighted by molar-refractivity contribution is 0.0906. The number of hydrogen-bond acceptors (Lipinski definition) is 3. The molecule has 1 heterocycles. The van der Waals surface area contributed by atoms with Crippen LogP contribution >= 0.6 is 0 Å². The molecule has 25 heavy (non-hydrogen) atoms. The van der Waals surface area contributed by atoms with Crippen molar-refractivity contribution < 1.29 is 13.2 Å². The van der Waals surface area contributed by atoms with Gasteiger partial charge in [0, 0.05) is 19.1 Å². The number of rotatable bonds is 4. The Morgan fingerprint density at radius 3 is 2.44 bits per heavy atom. The highest BCUT2D eigenvalue weighted by molar-refractivity contribution is 7.89. The number of amides is 1. The van der Waals surface area contributed by atoms with E-state index in [1.54, 1.807) is 24.3 Å². The summed E-state index contributed by atoms with van der Waals surface area (Å²) in [5.74, 6) is 0.165. The average molecular weight is 365 g/mol. The molecule has 5 nitrogen and oxygen atoms in total. The summed E-state index contributed by atoms with van der Waals surface area (Å²) in [5.41, 5.74) is 0.269. The van der Waals surface area contributed by atoms with E-state index in [9.17, 15) is 13.2 Å². The van der Waals surface area contributed by atoms with E-state index in [0.717, 1.165) is 38.5 Å². The highest BCUT2D eigenvalue weighted by Gasteiger charge is 2.31. The summed E-state index contributed by atoms with van der Waals surface area (Å²) in [5, 5.41) is 3.08. The predicted octanol–water partition coefficient (Wildman–Crippen LogP) is 3.17. The zero-order valence-electron chi connectivity index (χ0n) is 14.9. The van der Waals surface area contributed by atoms with Gasteiger partial charge >= 0.3 is 0 Å². The molecular weight excluding hydrogens is 336 g/mol. The van der Waals surface area contributed by atoms with Crippen LogP contribution in [0.5, 0.6) is 0 Å². The highest BCUT2D eigenvalue weighted by Crippen LogP contribution is 2.26. The smallest absolute Gasteiger partial charge is 0.252 e. The molecule has 0 radical (unpaired) electrons. The zero-order chi connectivity index (χ0) is 17.9. The zero-order valence-corrected chi connectivity index (χ0v) is 15.7. The Hall–Kier alpha value is -1.40. The molecule has 1 aliphatic heterocycles. The molecular formula is C19H28N2O3S. The van der Waals surface area contributed by atoms with Crippen molar-refractivity contribution in [3.63, 3.8) is 0 Å². The van der Waals surface area contributed by atoms with Crippen LogP contribution in [-0.2, 0) is 10.0 Å². The number of nitrogens with one attached hydrogen (secondary N) is 1. The Morgan fingerprint density at radius 2 is 1.72 bits per heavy atom. The Kier molecular flexibility index (Phi) is 5.79. The molecule has 2 fully saturated rings. The Labute approximate surface area is 150 Å². The minimum atomic E-state index is -3.62. The standard InChI is InChI=1S/C19H28N2O3S/c1-15-9-3-5-11-17(15)20-19(22)16-10-4-6-12-18(16)25(23,24)21-13-7-2-8-14-21/h4,6,10,12,15,17H,2-3,5,7-9,11,13-14H2,1H3,(H,20,22). The fourth-order valence-electron chi connectivity index (χ4n) is 3.90. The maximum Gasteiger partial charge on any atom is 0.252 e. The normalized spacial score (nSPS) is 25.5. The molecule has 0 spiro atoms. The van der Waals surface area contributed by atoms with Crippen molar-refractivity contribution in [1.82, 2.24) is 9.62 Å². The summed E-state index contributed by atoms with van der Waals surface area (Å²) < 4.78 is 27.5. The first kappa shape index (κ1) is 18.4. The van der Waals surface area contributed by atoms with Crippen molar-refractivity contribution >= 4 is 15.9 Å². The van der Waals surface area contributed by atoms with Crippen molar-refractivity contribution in [2.45, 2.75) is 62.8 Å². The quantitative estimate of drug-likeness (QED) is 0.892. The van der Waals surface area contributed by atoms with Crippen molar-refractivity contribution in [3.8, 4) is 0 Å². The van der Waals surface area contributed by atoms with Crippen LogP contribution in [0.3, 0.4) is 0 Å². The van der Waals surface area contributed by atoms with Crippen molar-refractivity contribution in [3.05, 3.63) is 29.8 Å². The number of carbonyl (C=O) groups excluding carboxylic acids is 1. The van der Waals surface area contributed by atoms with E-state index in [2.05, 4.69) is 12.2 Å².